The van der Waals surface area contributed by atoms with E-state index in [1.165, 1.54) is 0 Å². The number of morpholine rings is 1. The van der Waals surface area contributed by atoms with Crippen LogP contribution in [-0.4, -0.2) is 37.2 Å². The van der Waals surface area contributed by atoms with Gasteiger partial charge in [0, 0.05) is 13.1 Å². The van der Waals surface area contributed by atoms with Crippen molar-refractivity contribution in [3.05, 3.63) is 22.8 Å². The first-order valence-corrected chi connectivity index (χ1v) is 5.35. The fourth-order valence-corrected chi connectivity index (χ4v) is 1.78. The van der Waals surface area contributed by atoms with E-state index in [0.717, 1.165) is 0 Å². The Labute approximate surface area is 98.1 Å². The van der Waals surface area contributed by atoms with Crippen LogP contribution in [0.3, 0.4) is 0 Å². The number of pyridine rings is 1. The molecule has 0 atom stereocenters. The molecule has 1 fully saturated rings. The number of rotatable bonds is 2. The maximum atomic E-state index is 11.3. The van der Waals surface area contributed by atoms with E-state index in [1.807, 2.05) is 4.90 Å². The van der Waals surface area contributed by atoms with Crippen LogP contribution in [0.25, 0.3) is 0 Å². The normalized spacial score (nSPS) is 16.2. The third-order valence-electron chi connectivity index (χ3n) is 2.42. The number of halogens is 1. The molecule has 1 aromatic heterocycles. The second kappa shape index (κ2) is 4.67. The molecule has 0 aromatic carbocycles. The van der Waals surface area contributed by atoms with Crippen molar-refractivity contribution in [3.63, 3.8) is 0 Å². The van der Waals surface area contributed by atoms with Crippen LogP contribution >= 0.6 is 11.6 Å². The summed E-state index contributed by atoms with van der Waals surface area (Å²) in [5.41, 5.74) is 5.69. The van der Waals surface area contributed by atoms with Gasteiger partial charge in [0.2, 0.25) is 0 Å². The average molecular weight is 242 g/mol. The lowest BCUT2D eigenvalue weighted by molar-refractivity contribution is 0.0998. The summed E-state index contributed by atoms with van der Waals surface area (Å²) in [7, 11) is 0. The minimum Gasteiger partial charge on any atom is -0.378 e. The Morgan fingerprint density at radius 2 is 2.12 bits per heavy atom. The van der Waals surface area contributed by atoms with Crippen molar-refractivity contribution >= 4 is 23.3 Å². The smallest absolute Gasteiger partial charge is 0.252 e. The Hall–Kier alpha value is -1.33. The van der Waals surface area contributed by atoms with E-state index >= 15 is 0 Å². The Bertz CT molecular complexity index is 405. The number of hydrogen-bond acceptors (Lipinski definition) is 4. The highest BCUT2D eigenvalue weighted by atomic mass is 35.5. The monoisotopic (exact) mass is 241 g/mol. The summed E-state index contributed by atoms with van der Waals surface area (Å²) in [6, 6.07) is 3.16. The molecule has 5 nitrogen and oxygen atoms in total. The molecule has 0 saturated carbocycles. The second-order valence-corrected chi connectivity index (χ2v) is 3.86. The van der Waals surface area contributed by atoms with Crippen LogP contribution in [-0.2, 0) is 4.74 Å². The molecule has 2 heterocycles. The van der Waals surface area contributed by atoms with Crippen LogP contribution < -0.4 is 10.6 Å². The molecule has 16 heavy (non-hydrogen) atoms. The van der Waals surface area contributed by atoms with Crippen molar-refractivity contribution in [1.29, 1.82) is 0 Å². The number of nitrogens with zero attached hydrogens (tertiary/aromatic N) is 2. The molecule has 2 N–H and O–H groups in total. The van der Waals surface area contributed by atoms with Crippen molar-refractivity contribution in [2.24, 2.45) is 5.73 Å². The molecule has 86 valence electrons. The zero-order valence-electron chi connectivity index (χ0n) is 8.65. The number of nitrogens with two attached hydrogens (primary N) is 1. The van der Waals surface area contributed by atoms with E-state index in [2.05, 4.69) is 4.98 Å². The third-order valence-corrected chi connectivity index (χ3v) is 2.63. The number of anilines is 1. The highest BCUT2D eigenvalue weighted by molar-refractivity contribution is 6.29. The number of aromatic nitrogens is 1. The summed E-state index contributed by atoms with van der Waals surface area (Å²) < 4.78 is 5.23. The van der Waals surface area contributed by atoms with E-state index in [4.69, 9.17) is 22.1 Å². The summed E-state index contributed by atoms with van der Waals surface area (Å²) in [6.45, 7) is 2.61. The van der Waals surface area contributed by atoms with Gasteiger partial charge in [0.15, 0.2) is 0 Å². The van der Waals surface area contributed by atoms with Gasteiger partial charge in [0.25, 0.3) is 5.91 Å². The number of amides is 1. The zero-order valence-corrected chi connectivity index (χ0v) is 9.41. The Kier molecular flexibility index (Phi) is 3.26. The number of primary amides is 1. The van der Waals surface area contributed by atoms with Gasteiger partial charge in [-0.15, -0.1) is 0 Å². The molecule has 1 aliphatic rings. The first kappa shape index (κ1) is 11.2. The van der Waals surface area contributed by atoms with Gasteiger partial charge in [-0.25, -0.2) is 4.98 Å². The zero-order chi connectivity index (χ0) is 11.5. The van der Waals surface area contributed by atoms with Crippen molar-refractivity contribution in [2.75, 3.05) is 31.2 Å². The van der Waals surface area contributed by atoms with Crippen LogP contribution in [0.2, 0.25) is 5.15 Å². The molecule has 1 aliphatic heterocycles. The van der Waals surface area contributed by atoms with Gasteiger partial charge in [-0.3, -0.25) is 4.79 Å². The van der Waals surface area contributed by atoms with E-state index < -0.39 is 5.91 Å². The quantitative estimate of drug-likeness (QED) is 0.773. The first-order valence-electron chi connectivity index (χ1n) is 4.97. The van der Waals surface area contributed by atoms with Gasteiger partial charge >= 0.3 is 0 Å². The largest absolute Gasteiger partial charge is 0.378 e. The van der Waals surface area contributed by atoms with E-state index in [9.17, 15) is 4.79 Å². The van der Waals surface area contributed by atoms with Gasteiger partial charge in [0.05, 0.1) is 18.8 Å². The molecule has 0 unspecified atom stereocenters. The predicted molar refractivity (Wildman–Crippen MR) is 60.8 cm³/mol. The molecule has 0 spiro atoms. The molecule has 0 aliphatic carbocycles. The average Bonchev–Trinajstić information content (AvgIpc) is 2.29. The van der Waals surface area contributed by atoms with Gasteiger partial charge in [0.1, 0.15) is 11.0 Å². The summed E-state index contributed by atoms with van der Waals surface area (Å²) in [6.07, 6.45) is 0. The minimum atomic E-state index is -0.495. The van der Waals surface area contributed by atoms with Gasteiger partial charge in [-0.05, 0) is 12.1 Å². The molecular formula is C10H12ClN3O2. The topological polar surface area (TPSA) is 68.5 Å². The Balaban J connectivity index is 2.36. The Morgan fingerprint density at radius 1 is 1.44 bits per heavy atom. The summed E-state index contributed by atoms with van der Waals surface area (Å²) >= 11 is 5.82. The van der Waals surface area contributed by atoms with Crippen molar-refractivity contribution in [3.8, 4) is 0 Å². The SMILES string of the molecule is NC(=O)c1ccc(Cl)nc1N1CCOCC1. The van der Waals surface area contributed by atoms with Gasteiger partial charge in [-0.1, -0.05) is 11.6 Å². The maximum Gasteiger partial charge on any atom is 0.252 e. The minimum absolute atomic E-state index is 0.353. The van der Waals surface area contributed by atoms with E-state index in [0.29, 0.717) is 42.8 Å². The summed E-state index contributed by atoms with van der Waals surface area (Å²) in [5.74, 6) is 0.0500. The lowest BCUT2D eigenvalue weighted by Crippen LogP contribution is -2.38. The highest BCUT2D eigenvalue weighted by Crippen LogP contribution is 2.21. The second-order valence-electron chi connectivity index (χ2n) is 3.47. The predicted octanol–water partition coefficient (Wildman–Crippen LogP) is 0.670. The molecule has 0 bridgehead atoms. The van der Waals surface area contributed by atoms with E-state index in [1.54, 1.807) is 12.1 Å². The third kappa shape index (κ3) is 2.25. The fraction of sp³-hybridized carbons (Fsp3) is 0.400. The molecule has 6 heteroatoms. The van der Waals surface area contributed by atoms with Crippen molar-refractivity contribution < 1.29 is 9.53 Å². The number of carbonyl (C=O) groups is 1. The molecular weight excluding hydrogens is 230 g/mol. The maximum absolute atomic E-state index is 11.3. The van der Waals surface area contributed by atoms with Crippen LogP contribution in [0, 0.1) is 0 Å². The van der Waals surface area contributed by atoms with E-state index in [-0.39, 0.29) is 0 Å². The summed E-state index contributed by atoms with van der Waals surface area (Å²) in [4.78, 5) is 17.4. The highest BCUT2D eigenvalue weighted by Gasteiger charge is 2.19. The Morgan fingerprint density at radius 3 is 2.75 bits per heavy atom. The van der Waals surface area contributed by atoms with Crippen LogP contribution in [0.5, 0.6) is 0 Å². The number of carbonyl (C=O) groups excluding carboxylic acids is 1. The van der Waals surface area contributed by atoms with Crippen LogP contribution in [0.1, 0.15) is 10.4 Å². The molecule has 1 saturated heterocycles. The standard InChI is InChI=1S/C10H12ClN3O2/c11-8-2-1-7(9(12)15)10(13-8)14-3-5-16-6-4-14/h1-2H,3-6H2,(H2,12,15). The van der Waals surface area contributed by atoms with Crippen LogP contribution in [0.15, 0.2) is 12.1 Å². The number of hydrogen-bond donors (Lipinski definition) is 1. The summed E-state index contributed by atoms with van der Waals surface area (Å²) in [5, 5.41) is 0.353. The van der Waals surface area contributed by atoms with Crippen LogP contribution in [0.4, 0.5) is 5.82 Å². The van der Waals surface area contributed by atoms with Crippen molar-refractivity contribution in [1.82, 2.24) is 4.98 Å². The van der Waals surface area contributed by atoms with Gasteiger partial charge in [-0.2, -0.15) is 0 Å². The molecule has 1 aromatic rings. The number of ether oxygens (including phenoxy) is 1. The first-order chi connectivity index (χ1) is 7.68. The van der Waals surface area contributed by atoms with Gasteiger partial charge < -0.3 is 15.4 Å². The molecule has 2 rings (SSSR count). The molecule has 0 radical (unpaired) electrons. The van der Waals surface area contributed by atoms with Crippen molar-refractivity contribution in [2.45, 2.75) is 0 Å². The molecule has 1 amide bonds. The fourth-order valence-electron chi connectivity index (χ4n) is 1.63. The lowest BCUT2D eigenvalue weighted by Gasteiger charge is -2.28. The lowest BCUT2D eigenvalue weighted by atomic mass is 10.2.